The van der Waals surface area contributed by atoms with Crippen molar-refractivity contribution in [3.8, 4) is 5.75 Å². The maximum absolute atomic E-state index is 13.2. The summed E-state index contributed by atoms with van der Waals surface area (Å²) in [6, 6.07) is 1.28. The predicted molar refractivity (Wildman–Crippen MR) is 108 cm³/mol. The number of aryl methyl sites for hydroxylation is 1. The topological polar surface area (TPSA) is 90.9 Å². The lowest BCUT2D eigenvalue weighted by atomic mass is 10.00. The highest BCUT2D eigenvalue weighted by Crippen LogP contribution is 2.30. The van der Waals surface area contributed by atoms with Crippen molar-refractivity contribution in [2.24, 2.45) is 5.92 Å². The molecule has 7 nitrogen and oxygen atoms in total. The van der Waals surface area contributed by atoms with E-state index in [4.69, 9.17) is 9.47 Å². The molecule has 1 aromatic carbocycles. The van der Waals surface area contributed by atoms with E-state index in [0.717, 1.165) is 12.0 Å². The monoisotopic (exact) mass is 413 g/mol. The number of rotatable bonds is 9. The zero-order valence-electron chi connectivity index (χ0n) is 17.7. The molecule has 0 aliphatic carbocycles. The van der Waals surface area contributed by atoms with Gasteiger partial charge in [0.1, 0.15) is 12.4 Å². The second-order valence-electron chi connectivity index (χ2n) is 6.70. The Balaban J connectivity index is 3.16. The minimum atomic E-state index is -3.77. The number of methoxy groups -OCH3 is 2. The second kappa shape index (κ2) is 10.5. The van der Waals surface area contributed by atoms with Crippen LogP contribution in [0.1, 0.15) is 37.0 Å². The molecule has 0 bridgehead atoms. The summed E-state index contributed by atoms with van der Waals surface area (Å²) in [5.74, 6) is 0.705. The third-order valence-corrected chi connectivity index (χ3v) is 6.57. The van der Waals surface area contributed by atoms with Gasteiger partial charge in [-0.15, -0.1) is 0 Å². The average Bonchev–Trinajstić information content (AvgIpc) is 2.65. The summed E-state index contributed by atoms with van der Waals surface area (Å²) in [7, 11) is -0.982. The van der Waals surface area contributed by atoms with Gasteiger partial charge in [0.05, 0.1) is 19.1 Å². The van der Waals surface area contributed by atoms with Crippen LogP contribution >= 0.6 is 0 Å². The minimum absolute atomic E-state index is 0.00103. The van der Waals surface area contributed by atoms with Gasteiger partial charge < -0.3 is 14.2 Å². The van der Waals surface area contributed by atoms with Gasteiger partial charge in [0, 0.05) is 6.04 Å². The van der Waals surface area contributed by atoms with E-state index in [1.165, 1.54) is 7.11 Å². The van der Waals surface area contributed by atoms with Gasteiger partial charge in [-0.2, -0.15) is 0 Å². The molecule has 0 unspecified atom stereocenters. The number of benzene rings is 1. The third kappa shape index (κ3) is 5.97. The molecule has 1 rings (SSSR count). The molecule has 1 aromatic rings. The van der Waals surface area contributed by atoms with Crippen molar-refractivity contribution in [3.05, 3.63) is 34.9 Å². The van der Waals surface area contributed by atoms with Gasteiger partial charge in [0.2, 0.25) is 10.0 Å². The fourth-order valence-electron chi connectivity index (χ4n) is 2.86. The molecule has 8 heteroatoms. The predicted octanol–water partition coefficient (Wildman–Crippen LogP) is 3.65. The molecular weight excluding hydrogens is 382 g/mol. The van der Waals surface area contributed by atoms with E-state index in [2.05, 4.69) is 9.46 Å². The molecule has 0 saturated carbocycles. The number of hydrogen-bond acceptors (Lipinski definition) is 6. The highest BCUT2D eigenvalue weighted by atomic mass is 32.2. The normalized spacial score (nSPS) is 14.0. The van der Waals surface area contributed by atoms with Crippen LogP contribution in [0.5, 0.6) is 5.75 Å². The summed E-state index contributed by atoms with van der Waals surface area (Å²) in [5, 5.41) is 0. The van der Waals surface area contributed by atoms with Crippen molar-refractivity contribution < 1.29 is 27.4 Å². The molecule has 0 aromatic heterocycles. The van der Waals surface area contributed by atoms with Crippen LogP contribution in [0.2, 0.25) is 0 Å². The lowest BCUT2D eigenvalue weighted by Crippen LogP contribution is -2.38. The van der Waals surface area contributed by atoms with Crippen LogP contribution in [0.25, 0.3) is 0 Å². The van der Waals surface area contributed by atoms with Crippen LogP contribution in [-0.4, -0.2) is 41.4 Å². The van der Waals surface area contributed by atoms with Crippen LogP contribution in [-0.2, 0) is 19.5 Å². The summed E-state index contributed by atoms with van der Waals surface area (Å²) in [6.45, 7) is 9.31. The molecule has 0 saturated heterocycles. The van der Waals surface area contributed by atoms with Gasteiger partial charge in [-0.1, -0.05) is 26.3 Å². The summed E-state index contributed by atoms with van der Waals surface area (Å²) in [5.41, 5.74) is 2.06. The maximum Gasteiger partial charge on any atom is 0.508 e. The Labute approximate surface area is 168 Å². The van der Waals surface area contributed by atoms with Crippen LogP contribution in [0, 0.1) is 26.7 Å². The highest BCUT2D eigenvalue weighted by Gasteiger charge is 2.26. The molecule has 0 aliphatic rings. The molecule has 2 atom stereocenters. The smallest absolute Gasteiger partial charge is 0.496 e. The Morgan fingerprint density at radius 3 is 2.39 bits per heavy atom. The Morgan fingerprint density at radius 2 is 1.86 bits per heavy atom. The SMILES string of the molecule is CC[C@H](C)[C@@H](/C=C/COC(=O)OC)NS(=O)(=O)c1c(C)cc(OC)c(C)c1C. The number of sulfonamides is 1. The number of carbonyl (C=O) groups is 1. The summed E-state index contributed by atoms with van der Waals surface area (Å²) in [6.07, 6.45) is 3.30. The molecule has 0 radical (unpaired) electrons. The maximum atomic E-state index is 13.2. The van der Waals surface area contributed by atoms with E-state index in [-0.39, 0.29) is 17.4 Å². The first-order valence-electron chi connectivity index (χ1n) is 9.13. The van der Waals surface area contributed by atoms with E-state index >= 15 is 0 Å². The van der Waals surface area contributed by atoms with Crippen molar-refractivity contribution in [2.45, 2.75) is 52.0 Å². The number of ether oxygens (including phenoxy) is 3. The van der Waals surface area contributed by atoms with Gasteiger partial charge >= 0.3 is 6.16 Å². The van der Waals surface area contributed by atoms with E-state index in [0.29, 0.717) is 16.9 Å². The van der Waals surface area contributed by atoms with Gasteiger partial charge in [-0.25, -0.2) is 17.9 Å². The number of nitrogens with one attached hydrogen (secondary N) is 1. The molecule has 0 heterocycles. The largest absolute Gasteiger partial charge is 0.508 e. The zero-order chi connectivity index (χ0) is 21.5. The van der Waals surface area contributed by atoms with Crippen LogP contribution < -0.4 is 9.46 Å². The molecule has 0 amide bonds. The van der Waals surface area contributed by atoms with Crippen molar-refractivity contribution in [3.63, 3.8) is 0 Å². The van der Waals surface area contributed by atoms with E-state index in [9.17, 15) is 13.2 Å². The van der Waals surface area contributed by atoms with Gasteiger partial charge in [0.15, 0.2) is 0 Å². The van der Waals surface area contributed by atoms with E-state index in [1.807, 2.05) is 20.8 Å². The fourth-order valence-corrected chi connectivity index (χ4v) is 4.69. The van der Waals surface area contributed by atoms with E-state index < -0.39 is 22.2 Å². The first-order valence-corrected chi connectivity index (χ1v) is 10.6. The Bertz CT molecular complexity index is 816. The summed E-state index contributed by atoms with van der Waals surface area (Å²) >= 11 is 0. The zero-order valence-corrected chi connectivity index (χ0v) is 18.5. The Kier molecular flexibility index (Phi) is 8.97. The van der Waals surface area contributed by atoms with Gasteiger partial charge in [0.25, 0.3) is 0 Å². The van der Waals surface area contributed by atoms with Gasteiger partial charge in [-0.05, 0) is 55.5 Å². The van der Waals surface area contributed by atoms with E-state index in [1.54, 1.807) is 39.2 Å². The molecule has 0 aliphatic heterocycles. The number of carbonyl (C=O) groups excluding carboxylic acids is 1. The fraction of sp³-hybridized carbons (Fsp3) is 0.550. The lowest BCUT2D eigenvalue weighted by molar-refractivity contribution is 0.0817. The van der Waals surface area contributed by atoms with Crippen molar-refractivity contribution in [1.29, 1.82) is 0 Å². The Hall–Kier alpha value is -2.06. The van der Waals surface area contributed by atoms with Crippen LogP contribution in [0.4, 0.5) is 4.79 Å². The molecular formula is C20H31NO6S. The highest BCUT2D eigenvalue weighted by molar-refractivity contribution is 7.89. The Morgan fingerprint density at radius 1 is 1.21 bits per heavy atom. The third-order valence-electron chi connectivity index (χ3n) is 4.82. The second-order valence-corrected chi connectivity index (χ2v) is 8.35. The molecule has 0 spiro atoms. The molecule has 28 heavy (non-hydrogen) atoms. The minimum Gasteiger partial charge on any atom is -0.496 e. The standard InChI is InChI=1S/C20H31NO6S/c1-8-13(2)17(10-9-11-27-20(22)26-7)21-28(23,24)19-14(3)12-18(25-6)15(4)16(19)5/h9-10,12-13,17,21H,8,11H2,1-7H3/b10-9+/t13-,17+/m0/s1. The molecule has 0 fully saturated rings. The quantitative estimate of drug-likeness (QED) is 0.491. The first-order chi connectivity index (χ1) is 13.1. The molecule has 158 valence electrons. The van der Waals surface area contributed by atoms with Crippen molar-refractivity contribution in [2.75, 3.05) is 20.8 Å². The summed E-state index contributed by atoms with van der Waals surface area (Å²) in [4.78, 5) is 11.3. The van der Waals surface area contributed by atoms with Crippen LogP contribution in [0.15, 0.2) is 23.1 Å². The molecule has 1 N–H and O–H groups in total. The van der Waals surface area contributed by atoms with Crippen molar-refractivity contribution >= 4 is 16.2 Å². The van der Waals surface area contributed by atoms with Crippen LogP contribution in [0.3, 0.4) is 0 Å². The lowest BCUT2D eigenvalue weighted by Gasteiger charge is -2.23. The first kappa shape index (κ1) is 24.0. The van der Waals surface area contributed by atoms with Gasteiger partial charge in [-0.3, -0.25) is 0 Å². The summed E-state index contributed by atoms with van der Waals surface area (Å²) < 4.78 is 43.6. The van der Waals surface area contributed by atoms with Crippen molar-refractivity contribution in [1.82, 2.24) is 4.72 Å². The average molecular weight is 414 g/mol. The number of hydrogen-bond donors (Lipinski definition) is 1.